The fraction of sp³-hybridized carbons (Fsp3) is 0.0667. The number of nitrogens with zero attached hydrogens (tertiary/aromatic N) is 8. The van der Waals surface area contributed by atoms with Gasteiger partial charge >= 0.3 is 16.5 Å². The van der Waals surface area contributed by atoms with Crippen molar-refractivity contribution in [3.8, 4) is 0 Å². The van der Waals surface area contributed by atoms with E-state index >= 15 is 0 Å². The molecule has 10 N–H and O–H groups in total. The van der Waals surface area contributed by atoms with Crippen LogP contribution in [0.15, 0.2) is 122 Å². The molecular formula is C30H25F2N11O18S6. The molecule has 4 aromatic carbocycles. The van der Waals surface area contributed by atoms with Gasteiger partial charge in [-0.25, -0.2) is 17.9 Å². The molecule has 0 saturated heterocycles. The van der Waals surface area contributed by atoms with Crippen LogP contribution in [0.2, 0.25) is 0 Å². The van der Waals surface area contributed by atoms with Gasteiger partial charge in [-0.2, -0.15) is 52.4 Å². The first kappa shape index (κ1) is 51.8. The first-order valence-electron chi connectivity index (χ1n) is 16.8. The van der Waals surface area contributed by atoms with Gasteiger partial charge in [-0.1, -0.05) is 5.04 Å². The molecule has 5 aromatic rings. The van der Waals surface area contributed by atoms with Gasteiger partial charge in [0.2, 0.25) is 5.95 Å². The van der Waals surface area contributed by atoms with Gasteiger partial charge in [-0.15, -0.1) is 35.0 Å². The normalized spacial score (nSPS) is 13.0. The van der Waals surface area contributed by atoms with Crippen LogP contribution in [0.3, 0.4) is 0 Å². The van der Waals surface area contributed by atoms with Crippen LogP contribution in [0.25, 0.3) is 0 Å². The molecule has 0 atom stereocenters. The molecule has 0 aliphatic carbocycles. The van der Waals surface area contributed by atoms with Crippen molar-refractivity contribution in [2.45, 2.75) is 24.5 Å². The van der Waals surface area contributed by atoms with Gasteiger partial charge in [0, 0.05) is 16.6 Å². The Morgan fingerprint density at radius 3 is 1.73 bits per heavy atom. The first-order chi connectivity index (χ1) is 31.1. The summed E-state index contributed by atoms with van der Waals surface area (Å²) in [7, 11) is -25.2. The van der Waals surface area contributed by atoms with Crippen LogP contribution < -0.4 is 16.8 Å². The lowest BCUT2D eigenvalue weighted by atomic mass is 10.2. The molecule has 37 heteroatoms. The van der Waals surface area contributed by atoms with Gasteiger partial charge in [-0.3, -0.25) is 18.2 Å². The molecule has 358 valence electrons. The van der Waals surface area contributed by atoms with E-state index in [1.165, 1.54) is 0 Å². The number of sulfone groups is 1. The molecule has 0 aliphatic heterocycles. The van der Waals surface area contributed by atoms with E-state index in [0.29, 0.717) is 30.2 Å². The average Bonchev–Trinajstić information content (AvgIpc) is 3.20. The number of nitrogen functional groups attached to an aromatic ring is 2. The van der Waals surface area contributed by atoms with Crippen molar-refractivity contribution in [3.05, 3.63) is 78.8 Å². The number of aromatic nitrogens is 2. The molecule has 0 fully saturated rings. The summed E-state index contributed by atoms with van der Waals surface area (Å²) >= 11 is 0.327. The quantitative estimate of drug-likeness (QED) is 0.00721. The molecule has 0 spiro atoms. The summed E-state index contributed by atoms with van der Waals surface area (Å²) in [4.78, 5) is 2.36. The lowest BCUT2D eigenvalue weighted by Crippen LogP contribution is -2.16. The van der Waals surface area contributed by atoms with Gasteiger partial charge in [0.15, 0.2) is 9.84 Å². The van der Waals surface area contributed by atoms with Crippen molar-refractivity contribution < 1.29 is 87.9 Å². The second kappa shape index (κ2) is 20.3. The molecule has 0 saturated carbocycles. The number of nitrogens with one attached hydrogen (secondary N) is 1. The maximum Gasteiger partial charge on any atom is 0.397 e. The highest BCUT2D eigenvalue weighted by atomic mass is 32.3. The molecular weight excluding hydrogens is 1030 g/mol. The minimum Gasteiger partial charge on any atom is -0.395 e. The van der Waals surface area contributed by atoms with E-state index < -0.39 is 146 Å². The Balaban J connectivity index is 1.70. The number of hydrogen-bond donors (Lipinski definition) is 8. The Kier molecular flexibility index (Phi) is 15.7. The van der Waals surface area contributed by atoms with Crippen LogP contribution in [0.4, 0.5) is 65.8 Å². The molecule has 29 nitrogen and oxygen atoms in total. The summed E-state index contributed by atoms with van der Waals surface area (Å²) in [6.07, 6.45) is -1.48. The molecule has 0 bridgehead atoms. The molecule has 1 heterocycles. The fourth-order valence-electron chi connectivity index (χ4n) is 5.00. The highest BCUT2D eigenvalue weighted by molar-refractivity contribution is 7.94. The highest BCUT2D eigenvalue weighted by Gasteiger charge is 2.25. The van der Waals surface area contributed by atoms with E-state index in [9.17, 15) is 64.5 Å². The number of anilines is 4. The first-order valence-corrected chi connectivity index (χ1v) is 24.9. The lowest BCUT2D eigenvalue weighted by molar-refractivity contribution is -0.432. The molecule has 5 rings (SSSR count). The predicted octanol–water partition coefficient (Wildman–Crippen LogP) is 5.67. The second-order valence-electron chi connectivity index (χ2n) is 12.3. The molecule has 1 aromatic heterocycles. The second-order valence-corrected chi connectivity index (χ2v) is 20.5. The third kappa shape index (κ3) is 13.9. The zero-order valence-electron chi connectivity index (χ0n) is 32.2. The standard InChI is InChI=1S/C30H25F2N11O18S6/c31-25-13-26(37-30(32)36-25)35-14-1-5-22(64(47,48)49)18(9-14)39-41-20-12-21(42-40-19-10-15(62-61-60-44)2-6-23(19)65(50,51)52)28(34)29(27(20)33)43-38-17-4-3-16(11-24(17)66(53,54)55)63(45,46)8-7-59-67(56,57)58/h1-6,9-13,44H,7-8,33-34H2,(H,35,36,37)(H,47,48,49)(H,50,51,52)(H,53,54,55)(H,56,57,58)/b41-39+,42-40+,43-38+. The topological polar surface area (TPSA) is 464 Å². The summed E-state index contributed by atoms with van der Waals surface area (Å²) in [5.41, 5.74) is 7.14. The smallest absolute Gasteiger partial charge is 0.395 e. The zero-order valence-corrected chi connectivity index (χ0v) is 37.1. The lowest BCUT2D eigenvalue weighted by Gasteiger charge is -2.11. The number of hydrogen-bond acceptors (Lipinski definition) is 26. The monoisotopic (exact) mass is 1060 g/mol. The summed E-state index contributed by atoms with van der Waals surface area (Å²) in [5, 5.41) is 37.3. The van der Waals surface area contributed by atoms with Crippen molar-refractivity contribution in [1.29, 1.82) is 0 Å². The summed E-state index contributed by atoms with van der Waals surface area (Å²) in [6.45, 7) is -1.12. The average molecular weight is 1060 g/mol. The number of halogens is 2. The predicted molar refractivity (Wildman–Crippen MR) is 222 cm³/mol. The van der Waals surface area contributed by atoms with Gasteiger partial charge in [0.05, 0.1) is 40.7 Å². The molecule has 0 amide bonds. The van der Waals surface area contributed by atoms with E-state index in [1.807, 2.05) is 0 Å². The molecule has 0 aliphatic rings. The minimum absolute atomic E-state index is 0.00843. The number of benzene rings is 4. The van der Waals surface area contributed by atoms with E-state index in [1.54, 1.807) is 0 Å². The third-order valence-corrected chi connectivity index (χ3v) is 13.2. The zero-order chi connectivity index (χ0) is 49.7. The van der Waals surface area contributed by atoms with Gasteiger partial charge < -0.3 is 16.8 Å². The Labute approximate surface area is 378 Å². The van der Waals surface area contributed by atoms with Crippen LogP contribution in [-0.4, -0.2) is 87.9 Å². The van der Waals surface area contributed by atoms with Crippen molar-refractivity contribution in [2.24, 2.45) is 30.7 Å². The van der Waals surface area contributed by atoms with Gasteiger partial charge in [0.25, 0.3) is 30.4 Å². The number of nitrogens with two attached hydrogens (primary N) is 2. The van der Waals surface area contributed by atoms with Crippen LogP contribution in [0.1, 0.15) is 0 Å². The fourth-order valence-corrected chi connectivity index (χ4v) is 8.84. The van der Waals surface area contributed by atoms with E-state index in [4.69, 9.17) is 21.3 Å². The molecule has 0 unspecified atom stereocenters. The largest absolute Gasteiger partial charge is 0.397 e. The van der Waals surface area contributed by atoms with Crippen molar-refractivity contribution in [3.63, 3.8) is 0 Å². The van der Waals surface area contributed by atoms with E-state index in [-0.39, 0.29) is 10.6 Å². The van der Waals surface area contributed by atoms with Crippen molar-refractivity contribution in [1.82, 2.24) is 9.97 Å². The van der Waals surface area contributed by atoms with Crippen LogP contribution in [0.5, 0.6) is 0 Å². The SMILES string of the molecule is Nc1c(/N=N/c2cc(Nc3cc(F)nc(F)n3)ccc2S(=O)(=O)O)cc(/N=N/c2cc(SOOO)ccc2S(=O)(=O)O)c(N)c1/N=N/c1ccc(S(=O)(=O)CCOS(=O)(=O)O)cc1S(=O)(=O)O. The number of rotatable bonds is 19. The molecule has 67 heavy (non-hydrogen) atoms. The van der Waals surface area contributed by atoms with Crippen molar-refractivity contribution in [2.75, 3.05) is 29.1 Å². The van der Waals surface area contributed by atoms with Crippen LogP contribution >= 0.6 is 12.0 Å². The Morgan fingerprint density at radius 1 is 0.627 bits per heavy atom. The van der Waals surface area contributed by atoms with Gasteiger partial charge in [-0.05, 0) is 60.7 Å². The number of azo groups is 3. The van der Waals surface area contributed by atoms with Crippen molar-refractivity contribution >= 4 is 120 Å². The molecule has 0 radical (unpaired) electrons. The summed E-state index contributed by atoms with van der Waals surface area (Å²) < 4.78 is 195. The highest BCUT2D eigenvalue weighted by Crippen LogP contribution is 2.46. The van der Waals surface area contributed by atoms with E-state index in [0.717, 1.165) is 48.5 Å². The summed E-state index contributed by atoms with van der Waals surface area (Å²) in [5.74, 6) is -2.88. The Hall–Kier alpha value is -6.20. The van der Waals surface area contributed by atoms with Gasteiger partial charge in [0.1, 0.15) is 54.6 Å². The maximum absolute atomic E-state index is 13.7. The summed E-state index contributed by atoms with van der Waals surface area (Å²) in [6, 6.07) is 8.96. The third-order valence-electron chi connectivity index (χ3n) is 7.82. The Bertz CT molecular complexity index is 3420. The van der Waals surface area contributed by atoms with E-state index in [2.05, 4.69) is 59.5 Å². The maximum atomic E-state index is 13.7. The van der Waals surface area contributed by atoms with Crippen LogP contribution in [0, 0.1) is 12.0 Å². The Morgan fingerprint density at radius 2 is 1.18 bits per heavy atom. The van der Waals surface area contributed by atoms with Crippen LogP contribution in [-0.2, 0) is 64.1 Å². The minimum atomic E-state index is -5.38.